The maximum atomic E-state index is 16.7. The minimum Gasteiger partial charge on any atom is -0.462 e. The van der Waals surface area contributed by atoms with Crippen LogP contribution in [-0.2, 0) is 4.74 Å². The first-order valence-electron chi connectivity index (χ1n) is 16.2. The fourth-order valence-electron chi connectivity index (χ4n) is 7.18. The van der Waals surface area contributed by atoms with Crippen molar-refractivity contribution in [2.45, 2.75) is 57.7 Å². The molecule has 3 aliphatic heterocycles. The lowest BCUT2D eigenvalue weighted by Crippen LogP contribution is -2.56. The van der Waals surface area contributed by atoms with Crippen LogP contribution in [0.15, 0.2) is 36.5 Å². The van der Waals surface area contributed by atoms with Gasteiger partial charge in [-0.05, 0) is 57.5 Å². The van der Waals surface area contributed by atoms with Gasteiger partial charge in [0.05, 0.1) is 28.9 Å². The fourth-order valence-corrected chi connectivity index (χ4v) is 7.45. The molecule has 48 heavy (non-hydrogen) atoms. The van der Waals surface area contributed by atoms with Crippen LogP contribution in [0, 0.1) is 28.9 Å². The highest BCUT2D eigenvalue weighted by Crippen LogP contribution is 2.39. The summed E-state index contributed by atoms with van der Waals surface area (Å²) >= 11 is 6.40. The Labute approximate surface area is 282 Å². The summed E-state index contributed by atoms with van der Waals surface area (Å²) in [7, 11) is 0. The van der Waals surface area contributed by atoms with E-state index in [0.29, 0.717) is 46.6 Å². The summed E-state index contributed by atoms with van der Waals surface area (Å²) in [5.74, 6) is -0.297. The standard InChI is InChI=1S/C35H36ClF2N7O3/c1-35(2,3)48-34(46)45-14-13-44(18-22(45)9-11-39)32-25-16-40-30(24-6-4-5-21-7-8-26(37)28(36)27(21)24)29(38)31(25)41-33(42-32)47-19-23-15-20-10-12-43(23)17-20/h4-8,16,20,22-23H,9-10,12-15,17-19H2,1-3H3/t20?,22-,23-/m0/s1. The highest BCUT2D eigenvalue weighted by molar-refractivity contribution is 6.36. The molecule has 3 fully saturated rings. The van der Waals surface area contributed by atoms with Crippen molar-refractivity contribution in [1.82, 2.24) is 24.8 Å². The van der Waals surface area contributed by atoms with Gasteiger partial charge in [0, 0.05) is 49.4 Å². The number of anilines is 1. The maximum absolute atomic E-state index is 16.7. The summed E-state index contributed by atoms with van der Waals surface area (Å²) in [6, 6.07) is 9.95. The Morgan fingerprint density at radius 1 is 1.10 bits per heavy atom. The lowest BCUT2D eigenvalue weighted by Gasteiger charge is -2.41. The van der Waals surface area contributed by atoms with Crippen LogP contribution in [0.25, 0.3) is 32.9 Å². The number of rotatable bonds is 6. The van der Waals surface area contributed by atoms with E-state index in [0.717, 1.165) is 19.5 Å². The highest BCUT2D eigenvalue weighted by atomic mass is 35.5. The van der Waals surface area contributed by atoms with Crippen LogP contribution in [0.5, 0.6) is 6.01 Å². The summed E-state index contributed by atoms with van der Waals surface area (Å²) < 4.78 is 43.1. The predicted octanol–water partition coefficient (Wildman–Crippen LogP) is 6.59. The lowest BCUT2D eigenvalue weighted by atomic mass is 10.0. The number of benzene rings is 2. The Balaban J connectivity index is 1.29. The Morgan fingerprint density at radius 2 is 1.94 bits per heavy atom. The number of carbonyl (C=O) groups excluding carboxylic acids is 1. The van der Waals surface area contributed by atoms with Crippen molar-refractivity contribution in [2.75, 3.05) is 44.2 Å². The van der Waals surface area contributed by atoms with Crippen molar-refractivity contribution < 1.29 is 23.0 Å². The van der Waals surface area contributed by atoms with Crippen LogP contribution in [-0.4, -0.2) is 87.9 Å². The van der Waals surface area contributed by atoms with Gasteiger partial charge in [0.1, 0.15) is 35.1 Å². The van der Waals surface area contributed by atoms with E-state index in [9.17, 15) is 14.4 Å². The molecule has 2 unspecified atom stereocenters. The molecule has 3 aliphatic rings. The van der Waals surface area contributed by atoms with E-state index < -0.39 is 29.4 Å². The van der Waals surface area contributed by atoms with Crippen molar-refractivity contribution >= 4 is 45.2 Å². The lowest BCUT2D eigenvalue weighted by molar-refractivity contribution is 0.0145. The van der Waals surface area contributed by atoms with Crippen molar-refractivity contribution in [3.63, 3.8) is 0 Å². The first kappa shape index (κ1) is 32.2. The minimum atomic E-state index is -0.724. The zero-order chi connectivity index (χ0) is 33.7. The molecule has 0 spiro atoms. The van der Waals surface area contributed by atoms with Gasteiger partial charge in [0.15, 0.2) is 5.82 Å². The second kappa shape index (κ2) is 12.6. The molecule has 5 heterocycles. The molecule has 0 saturated carbocycles. The number of nitrogens with zero attached hydrogens (tertiary/aromatic N) is 7. The van der Waals surface area contributed by atoms with Crippen molar-refractivity contribution in [2.24, 2.45) is 5.92 Å². The Kier molecular flexibility index (Phi) is 8.46. The molecule has 1 amide bonds. The molecule has 0 aliphatic carbocycles. The van der Waals surface area contributed by atoms with Gasteiger partial charge in [-0.25, -0.2) is 13.6 Å². The molecule has 2 bridgehead atoms. The van der Waals surface area contributed by atoms with Gasteiger partial charge in [0.25, 0.3) is 0 Å². The van der Waals surface area contributed by atoms with Crippen molar-refractivity contribution in [3.8, 4) is 23.3 Å². The molecule has 2 aromatic carbocycles. The SMILES string of the molecule is CC(C)(C)OC(=O)N1CCN(c2nc(OC[C@@H]3CC4CCN3C4)nc3c(F)c(-c4cccc5ccc(F)c(Cl)c45)ncc23)C[C@@H]1CC#N. The number of hydrogen-bond donors (Lipinski definition) is 0. The van der Waals surface area contributed by atoms with E-state index in [1.165, 1.54) is 18.7 Å². The van der Waals surface area contributed by atoms with Gasteiger partial charge in [-0.2, -0.15) is 15.2 Å². The number of ether oxygens (including phenoxy) is 2. The number of amides is 1. The average Bonchev–Trinajstić information content (AvgIpc) is 3.69. The number of piperazine rings is 1. The molecule has 7 rings (SSSR count). The second-order valence-corrected chi connectivity index (χ2v) is 14.1. The van der Waals surface area contributed by atoms with E-state index in [4.69, 9.17) is 26.1 Å². The number of fused-ring (bicyclic) bond motifs is 4. The molecule has 0 radical (unpaired) electrons. The van der Waals surface area contributed by atoms with E-state index in [2.05, 4.69) is 20.9 Å². The zero-order valence-electron chi connectivity index (χ0n) is 27.0. The molecule has 250 valence electrons. The number of nitriles is 1. The van der Waals surface area contributed by atoms with Crippen molar-refractivity contribution in [3.05, 3.63) is 53.2 Å². The fraction of sp³-hybridized carbons (Fsp3) is 0.457. The quantitative estimate of drug-likeness (QED) is 0.224. The Bertz CT molecular complexity index is 1950. The number of pyridine rings is 1. The van der Waals surface area contributed by atoms with Gasteiger partial charge in [-0.15, -0.1) is 0 Å². The number of aromatic nitrogens is 3. The van der Waals surface area contributed by atoms with Crippen LogP contribution in [0.4, 0.5) is 19.4 Å². The monoisotopic (exact) mass is 675 g/mol. The third kappa shape index (κ3) is 6.05. The topological polar surface area (TPSA) is 108 Å². The summed E-state index contributed by atoms with van der Waals surface area (Å²) in [6.07, 6.45) is 3.29. The third-order valence-corrected chi connectivity index (χ3v) is 9.78. The molecule has 3 saturated heterocycles. The van der Waals surface area contributed by atoms with Gasteiger partial charge in [-0.3, -0.25) is 9.88 Å². The molecule has 4 aromatic rings. The number of carbonyl (C=O) groups is 1. The smallest absolute Gasteiger partial charge is 0.410 e. The predicted molar refractivity (Wildman–Crippen MR) is 178 cm³/mol. The van der Waals surface area contributed by atoms with Gasteiger partial charge >= 0.3 is 12.1 Å². The van der Waals surface area contributed by atoms with Crippen LogP contribution in [0.3, 0.4) is 0 Å². The normalized spacial score (nSPS) is 22.4. The molecular formula is C35H36ClF2N7O3. The first-order valence-corrected chi connectivity index (χ1v) is 16.6. The highest BCUT2D eigenvalue weighted by Gasteiger charge is 2.38. The molecule has 13 heteroatoms. The second-order valence-electron chi connectivity index (χ2n) is 13.8. The van der Waals surface area contributed by atoms with Crippen LogP contribution >= 0.6 is 11.6 Å². The third-order valence-electron chi connectivity index (χ3n) is 9.41. The zero-order valence-corrected chi connectivity index (χ0v) is 27.8. The van der Waals surface area contributed by atoms with Gasteiger partial charge < -0.3 is 19.3 Å². The molecule has 4 atom stereocenters. The average molecular weight is 676 g/mol. The van der Waals surface area contributed by atoms with Crippen LogP contribution < -0.4 is 9.64 Å². The minimum absolute atomic E-state index is 0.0100. The van der Waals surface area contributed by atoms with Crippen LogP contribution in [0.2, 0.25) is 5.02 Å². The number of piperidine rings is 1. The molecule has 0 N–H and O–H groups in total. The molecule has 2 aromatic heterocycles. The summed E-state index contributed by atoms with van der Waals surface area (Å²) in [5, 5.41) is 10.8. The summed E-state index contributed by atoms with van der Waals surface area (Å²) in [4.78, 5) is 32.8. The van der Waals surface area contributed by atoms with Gasteiger partial charge in [-0.1, -0.05) is 35.9 Å². The molecular weight excluding hydrogens is 640 g/mol. The molecule has 10 nitrogen and oxygen atoms in total. The van der Waals surface area contributed by atoms with Gasteiger partial charge in [0.2, 0.25) is 0 Å². The van der Waals surface area contributed by atoms with Crippen LogP contribution in [0.1, 0.15) is 40.0 Å². The maximum Gasteiger partial charge on any atom is 0.410 e. The van der Waals surface area contributed by atoms with E-state index in [1.54, 1.807) is 49.9 Å². The summed E-state index contributed by atoms with van der Waals surface area (Å²) in [6.45, 7) is 8.67. The van der Waals surface area contributed by atoms with E-state index in [-0.39, 0.29) is 47.8 Å². The van der Waals surface area contributed by atoms with E-state index in [1.807, 2.05) is 4.90 Å². The largest absolute Gasteiger partial charge is 0.462 e. The Hall–Kier alpha value is -4.34. The van der Waals surface area contributed by atoms with Crippen molar-refractivity contribution in [1.29, 1.82) is 5.26 Å². The Morgan fingerprint density at radius 3 is 2.67 bits per heavy atom. The number of hydrogen-bond acceptors (Lipinski definition) is 9. The van der Waals surface area contributed by atoms with E-state index >= 15 is 4.39 Å². The summed E-state index contributed by atoms with van der Waals surface area (Å²) in [5.41, 5.74) is -0.415. The first-order chi connectivity index (χ1) is 23.0. The number of halogens is 3.